The maximum atomic E-state index is 13.6. The number of aliphatic hydroxyl groups excluding tert-OH is 1. The van der Waals surface area contributed by atoms with Gasteiger partial charge >= 0.3 is 0 Å². The first-order chi connectivity index (χ1) is 9.99. The van der Waals surface area contributed by atoms with Crippen LogP contribution >= 0.6 is 0 Å². The highest BCUT2D eigenvalue weighted by Gasteiger charge is 2.16. The number of benzene rings is 2. The van der Waals surface area contributed by atoms with Gasteiger partial charge in [0.1, 0.15) is 18.5 Å². The molecule has 0 aliphatic heterocycles. The molecule has 2 aromatic rings. The van der Waals surface area contributed by atoms with Crippen molar-refractivity contribution in [2.75, 3.05) is 6.61 Å². The molecule has 1 atom stereocenters. The summed E-state index contributed by atoms with van der Waals surface area (Å²) in [5, 5.41) is 20.3. The van der Waals surface area contributed by atoms with Gasteiger partial charge in [0, 0.05) is 11.6 Å². The van der Waals surface area contributed by atoms with Crippen molar-refractivity contribution >= 4 is 5.69 Å². The van der Waals surface area contributed by atoms with E-state index in [-0.39, 0.29) is 17.9 Å². The molecule has 0 bridgehead atoms. The van der Waals surface area contributed by atoms with Gasteiger partial charge in [-0.2, -0.15) is 0 Å². The zero-order valence-corrected chi connectivity index (χ0v) is 10.7. The smallest absolute Gasteiger partial charge is 0.272 e. The van der Waals surface area contributed by atoms with Crippen LogP contribution in [0.1, 0.15) is 11.7 Å². The normalized spacial score (nSPS) is 12.0. The van der Waals surface area contributed by atoms with Gasteiger partial charge in [0.15, 0.2) is 11.6 Å². The number of hydrogen-bond acceptors (Lipinski definition) is 4. The number of hydrogen-bond donors (Lipinski definition) is 1. The molecule has 2 aromatic carbocycles. The van der Waals surface area contributed by atoms with Crippen LogP contribution < -0.4 is 4.74 Å². The number of rotatable bonds is 5. The Kier molecular flexibility index (Phi) is 4.44. The molecule has 0 saturated heterocycles. The van der Waals surface area contributed by atoms with Crippen LogP contribution in [0.2, 0.25) is 0 Å². The predicted octanol–water partition coefficient (Wildman–Crippen LogP) is 2.99. The highest BCUT2D eigenvalue weighted by Crippen LogP contribution is 2.24. The Morgan fingerprint density at radius 1 is 1.19 bits per heavy atom. The van der Waals surface area contributed by atoms with Gasteiger partial charge in [-0.25, -0.2) is 8.78 Å². The van der Waals surface area contributed by atoms with Gasteiger partial charge in [0.2, 0.25) is 0 Å². The van der Waals surface area contributed by atoms with E-state index in [4.69, 9.17) is 4.74 Å². The van der Waals surface area contributed by atoms with Gasteiger partial charge < -0.3 is 9.84 Å². The lowest BCUT2D eigenvalue weighted by atomic mass is 10.1. The number of nitro benzene ring substituents is 1. The number of halogens is 2. The summed E-state index contributed by atoms with van der Waals surface area (Å²) in [5.74, 6) is -1.78. The molecular formula is C14H11F2NO4. The molecule has 1 unspecified atom stereocenters. The highest BCUT2D eigenvalue weighted by atomic mass is 19.1. The SMILES string of the molecule is O=[N+]([O-])c1ccc(OCC(O)c2ccccc2F)c(F)c1. The van der Waals surface area contributed by atoms with E-state index in [2.05, 4.69) is 0 Å². The first-order valence-corrected chi connectivity index (χ1v) is 5.98. The Hall–Kier alpha value is -2.54. The third kappa shape index (κ3) is 3.51. The average molecular weight is 295 g/mol. The largest absolute Gasteiger partial charge is 0.487 e. The molecule has 0 heterocycles. The summed E-state index contributed by atoms with van der Waals surface area (Å²) in [4.78, 5) is 9.73. The lowest BCUT2D eigenvalue weighted by molar-refractivity contribution is -0.385. The second-order valence-electron chi connectivity index (χ2n) is 4.22. The van der Waals surface area contributed by atoms with Crippen LogP contribution in [0.5, 0.6) is 5.75 Å². The molecule has 0 radical (unpaired) electrons. The van der Waals surface area contributed by atoms with Crippen molar-refractivity contribution in [3.8, 4) is 5.75 Å². The number of ether oxygens (including phenoxy) is 1. The lowest BCUT2D eigenvalue weighted by Gasteiger charge is -2.13. The first-order valence-electron chi connectivity index (χ1n) is 5.98. The molecule has 110 valence electrons. The standard InChI is InChI=1S/C14H11F2NO4/c15-11-4-2-1-3-10(11)13(18)8-21-14-6-5-9(17(19)20)7-12(14)16/h1-7,13,18H,8H2. The minimum Gasteiger partial charge on any atom is -0.487 e. The van der Waals surface area contributed by atoms with Crippen molar-refractivity contribution < 1.29 is 23.5 Å². The van der Waals surface area contributed by atoms with E-state index < -0.39 is 28.3 Å². The fraction of sp³-hybridized carbons (Fsp3) is 0.143. The monoisotopic (exact) mass is 295 g/mol. The maximum absolute atomic E-state index is 13.6. The Labute approximate surface area is 118 Å². The summed E-state index contributed by atoms with van der Waals surface area (Å²) in [5.41, 5.74) is -0.380. The zero-order chi connectivity index (χ0) is 15.4. The molecule has 0 fully saturated rings. The van der Waals surface area contributed by atoms with Crippen LogP contribution in [-0.4, -0.2) is 16.6 Å². The molecule has 0 amide bonds. The summed E-state index contributed by atoms with van der Waals surface area (Å²) >= 11 is 0. The fourth-order valence-electron chi connectivity index (χ4n) is 1.72. The zero-order valence-electron chi connectivity index (χ0n) is 10.7. The van der Waals surface area contributed by atoms with Crippen molar-refractivity contribution in [3.05, 3.63) is 69.8 Å². The molecular weight excluding hydrogens is 284 g/mol. The second kappa shape index (κ2) is 6.27. The van der Waals surface area contributed by atoms with Gasteiger partial charge in [-0.15, -0.1) is 0 Å². The third-order valence-corrected chi connectivity index (χ3v) is 2.79. The molecule has 0 aromatic heterocycles. The molecule has 2 rings (SSSR count). The second-order valence-corrected chi connectivity index (χ2v) is 4.22. The van der Waals surface area contributed by atoms with Crippen molar-refractivity contribution in [1.82, 2.24) is 0 Å². The minimum atomic E-state index is -1.28. The molecule has 21 heavy (non-hydrogen) atoms. The van der Waals surface area contributed by atoms with E-state index in [1.165, 1.54) is 18.2 Å². The van der Waals surface area contributed by atoms with Crippen molar-refractivity contribution in [2.24, 2.45) is 0 Å². The van der Waals surface area contributed by atoms with Gasteiger partial charge in [0.05, 0.1) is 11.0 Å². The van der Waals surface area contributed by atoms with Gasteiger partial charge in [0.25, 0.3) is 5.69 Å². The van der Waals surface area contributed by atoms with E-state index >= 15 is 0 Å². The van der Waals surface area contributed by atoms with Crippen LogP contribution in [-0.2, 0) is 0 Å². The van der Waals surface area contributed by atoms with Crippen LogP contribution in [0.25, 0.3) is 0 Å². The number of nitro groups is 1. The number of nitrogens with zero attached hydrogens (tertiary/aromatic N) is 1. The van der Waals surface area contributed by atoms with E-state index in [0.29, 0.717) is 6.07 Å². The van der Waals surface area contributed by atoms with Gasteiger partial charge in [-0.1, -0.05) is 18.2 Å². The van der Waals surface area contributed by atoms with Crippen LogP contribution in [0.3, 0.4) is 0 Å². The van der Waals surface area contributed by atoms with Crippen LogP contribution in [0.4, 0.5) is 14.5 Å². The fourth-order valence-corrected chi connectivity index (χ4v) is 1.72. The Bertz CT molecular complexity index is 663. The topological polar surface area (TPSA) is 72.6 Å². The Balaban J connectivity index is 2.06. The van der Waals surface area contributed by atoms with Crippen molar-refractivity contribution in [2.45, 2.75) is 6.10 Å². The third-order valence-electron chi connectivity index (χ3n) is 2.79. The predicted molar refractivity (Wildman–Crippen MR) is 69.9 cm³/mol. The van der Waals surface area contributed by atoms with E-state index in [1.807, 2.05) is 0 Å². The van der Waals surface area contributed by atoms with Crippen molar-refractivity contribution in [1.29, 1.82) is 0 Å². The highest BCUT2D eigenvalue weighted by molar-refractivity contribution is 5.37. The van der Waals surface area contributed by atoms with Gasteiger partial charge in [-0.05, 0) is 12.1 Å². The maximum Gasteiger partial charge on any atom is 0.272 e. The summed E-state index contributed by atoms with van der Waals surface area (Å²) < 4.78 is 32.0. The van der Waals surface area contributed by atoms with Crippen molar-refractivity contribution in [3.63, 3.8) is 0 Å². The lowest BCUT2D eigenvalue weighted by Crippen LogP contribution is -2.11. The summed E-state index contributed by atoms with van der Waals surface area (Å²) in [7, 11) is 0. The van der Waals surface area contributed by atoms with E-state index in [9.17, 15) is 24.0 Å². The van der Waals surface area contributed by atoms with Crippen LogP contribution in [0, 0.1) is 21.7 Å². The van der Waals surface area contributed by atoms with Crippen LogP contribution in [0.15, 0.2) is 42.5 Å². The molecule has 5 nitrogen and oxygen atoms in total. The summed E-state index contributed by atoms with van der Waals surface area (Å²) in [6.45, 7) is -0.379. The molecule has 0 aliphatic carbocycles. The molecule has 0 spiro atoms. The minimum absolute atomic E-state index is 0.0276. The van der Waals surface area contributed by atoms with Gasteiger partial charge in [-0.3, -0.25) is 10.1 Å². The van der Waals surface area contributed by atoms with E-state index in [0.717, 1.165) is 12.1 Å². The molecule has 1 N–H and O–H groups in total. The Morgan fingerprint density at radius 3 is 2.52 bits per heavy atom. The molecule has 0 saturated carbocycles. The summed E-state index contributed by atoms with van der Waals surface area (Å²) in [6.07, 6.45) is -1.28. The number of aliphatic hydroxyl groups is 1. The first kappa shape index (κ1) is 14.9. The molecule has 0 aliphatic rings. The number of non-ortho nitro benzene ring substituents is 1. The average Bonchev–Trinajstić information content (AvgIpc) is 2.46. The Morgan fingerprint density at radius 2 is 1.90 bits per heavy atom. The summed E-state index contributed by atoms with van der Waals surface area (Å²) in [6, 6.07) is 8.47. The molecule has 7 heteroatoms. The quantitative estimate of drug-likeness (QED) is 0.680. The van der Waals surface area contributed by atoms with E-state index in [1.54, 1.807) is 6.07 Å².